The van der Waals surface area contributed by atoms with Gasteiger partial charge in [0.1, 0.15) is 0 Å². The molecule has 0 aliphatic carbocycles. The van der Waals surface area contributed by atoms with Crippen molar-refractivity contribution in [1.82, 2.24) is 5.32 Å². The monoisotopic (exact) mass is 273 g/mol. The van der Waals surface area contributed by atoms with Gasteiger partial charge in [0.2, 0.25) is 0 Å². The van der Waals surface area contributed by atoms with Crippen LogP contribution in [-0.4, -0.2) is 22.7 Å². The van der Waals surface area contributed by atoms with Crippen molar-refractivity contribution in [2.45, 2.75) is 32.0 Å². The molecule has 1 aromatic rings. The maximum absolute atomic E-state index is 9.22. The van der Waals surface area contributed by atoms with Crippen molar-refractivity contribution in [3.8, 4) is 0 Å². The maximum atomic E-state index is 9.22. The molecule has 0 spiro atoms. The SMILES string of the molecule is Cl.OCc1ccccc1CNC1CCSCC1. The van der Waals surface area contributed by atoms with Crippen LogP contribution in [0.1, 0.15) is 24.0 Å². The second-order valence-electron chi connectivity index (χ2n) is 4.19. The fourth-order valence-electron chi connectivity index (χ4n) is 2.04. The molecular weight excluding hydrogens is 254 g/mol. The molecule has 17 heavy (non-hydrogen) atoms. The number of halogens is 1. The molecule has 1 aliphatic heterocycles. The van der Waals surface area contributed by atoms with Gasteiger partial charge >= 0.3 is 0 Å². The maximum Gasteiger partial charge on any atom is 0.0685 e. The summed E-state index contributed by atoms with van der Waals surface area (Å²) in [6, 6.07) is 8.76. The van der Waals surface area contributed by atoms with Crippen molar-refractivity contribution < 1.29 is 5.11 Å². The third-order valence-corrected chi connectivity index (χ3v) is 4.14. The lowest BCUT2D eigenvalue weighted by Crippen LogP contribution is -2.32. The van der Waals surface area contributed by atoms with Crippen LogP contribution in [-0.2, 0) is 13.2 Å². The minimum absolute atomic E-state index is 0. The van der Waals surface area contributed by atoms with Gasteiger partial charge in [0.25, 0.3) is 0 Å². The van der Waals surface area contributed by atoms with Crippen LogP contribution in [0, 0.1) is 0 Å². The summed E-state index contributed by atoms with van der Waals surface area (Å²) in [6.07, 6.45) is 2.54. The van der Waals surface area contributed by atoms with Gasteiger partial charge < -0.3 is 10.4 Å². The number of rotatable bonds is 4. The zero-order valence-electron chi connectivity index (χ0n) is 9.89. The molecular formula is C13H20ClNOS. The van der Waals surface area contributed by atoms with Gasteiger partial charge in [-0.25, -0.2) is 0 Å². The van der Waals surface area contributed by atoms with E-state index >= 15 is 0 Å². The number of aliphatic hydroxyl groups is 1. The average Bonchev–Trinajstić information content (AvgIpc) is 2.38. The largest absolute Gasteiger partial charge is 0.392 e. The van der Waals surface area contributed by atoms with Crippen molar-refractivity contribution in [2.24, 2.45) is 0 Å². The fourth-order valence-corrected chi connectivity index (χ4v) is 3.15. The molecule has 2 rings (SSSR count). The first-order valence-corrected chi connectivity index (χ1v) is 7.04. The minimum Gasteiger partial charge on any atom is -0.392 e. The quantitative estimate of drug-likeness (QED) is 0.885. The van der Waals surface area contributed by atoms with Crippen LogP contribution in [0.4, 0.5) is 0 Å². The zero-order valence-corrected chi connectivity index (χ0v) is 11.5. The number of nitrogens with one attached hydrogen (secondary N) is 1. The molecule has 2 N–H and O–H groups in total. The number of aliphatic hydroxyl groups excluding tert-OH is 1. The molecule has 0 unspecified atom stereocenters. The minimum atomic E-state index is 0. The highest BCUT2D eigenvalue weighted by molar-refractivity contribution is 7.99. The summed E-state index contributed by atoms with van der Waals surface area (Å²) in [5.41, 5.74) is 2.27. The standard InChI is InChI=1S/C13H19NOS.ClH/c15-10-12-4-2-1-3-11(12)9-14-13-5-7-16-8-6-13;/h1-4,13-15H,5-10H2;1H. The third kappa shape index (κ3) is 4.51. The lowest BCUT2D eigenvalue weighted by Gasteiger charge is -2.23. The Morgan fingerprint density at radius 1 is 1.18 bits per heavy atom. The Morgan fingerprint density at radius 3 is 2.47 bits per heavy atom. The summed E-state index contributed by atoms with van der Waals surface area (Å²) < 4.78 is 0. The molecule has 1 fully saturated rings. The first kappa shape index (κ1) is 14.8. The number of hydrogen-bond donors (Lipinski definition) is 2. The summed E-state index contributed by atoms with van der Waals surface area (Å²) in [5.74, 6) is 2.55. The summed E-state index contributed by atoms with van der Waals surface area (Å²) in [5, 5.41) is 12.8. The lowest BCUT2D eigenvalue weighted by atomic mass is 10.1. The van der Waals surface area contributed by atoms with Gasteiger partial charge in [0, 0.05) is 12.6 Å². The van der Waals surface area contributed by atoms with E-state index in [2.05, 4.69) is 11.4 Å². The predicted octanol–water partition coefficient (Wildman–Crippen LogP) is 2.59. The molecule has 1 heterocycles. The van der Waals surface area contributed by atoms with Gasteiger partial charge in [-0.3, -0.25) is 0 Å². The Morgan fingerprint density at radius 2 is 1.82 bits per heavy atom. The summed E-state index contributed by atoms with van der Waals surface area (Å²) in [4.78, 5) is 0. The van der Waals surface area contributed by atoms with Crippen LogP contribution in [0.15, 0.2) is 24.3 Å². The van der Waals surface area contributed by atoms with E-state index in [9.17, 15) is 5.11 Å². The highest BCUT2D eigenvalue weighted by Crippen LogP contribution is 2.17. The molecule has 96 valence electrons. The molecule has 0 radical (unpaired) electrons. The van der Waals surface area contributed by atoms with Crippen molar-refractivity contribution >= 4 is 24.2 Å². The Balaban J connectivity index is 0.00000144. The van der Waals surface area contributed by atoms with E-state index in [0.29, 0.717) is 6.04 Å². The molecule has 1 aliphatic rings. The number of hydrogen-bond acceptors (Lipinski definition) is 3. The summed E-state index contributed by atoms with van der Waals surface area (Å²) >= 11 is 2.05. The van der Waals surface area contributed by atoms with E-state index in [1.807, 2.05) is 30.0 Å². The van der Waals surface area contributed by atoms with Crippen LogP contribution in [0.2, 0.25) is 0 Å². The van der Waals surface area contributed by atoms with Crippen LogP contribution < -0.4 is 5.32 Å². The zero-order chi connectivity index (χ0) is 11.2. The van der Waals surface area contributed by atoms with Crippen molar-refractivity contribution in [3.05, 3.63) is 35.4 Å². The topological polar surface area (TPSA) is 32.3 Å². The van der Waals surface area contributed by atoms with Crippen LogP contribution in [0.5, 0.6) is 0 Å². The summed E-state index contributed by atoms with van der Waals surface area (Å²) in [6.45, 7) is 1.02. The second-order valence-corrected chi connectivity index (χ2v) is 5.42. The van der Waals surface area contributed by atoms with Gasteiger partial charge in [-0.15, -0.1) is 12.4 Å². The van der Waals surface area contributed by atoms with Gasteiger partial charge in [0.05, 0.1) is 6.61 Å². The molecule has 0 atom stereocenters. The molecule has 2 nitrogen and oxygen atoms in total. The second kappa shape index (κ2) is 7.98. The van der Waals surface area contributed by atoms with E-state index in [0.717, 1.165) is 12.1 Å². The molecule has 0 bridgehead atoms. The molecule has 1 saturated heterocycles. The van der Waals surface area contributed by atoms with E-state index in [4.69, 9.17) is 0 Å². The molecule has 0 aromatic heterocycles. The number of benzene rings is 1. The Labute approximate surface area is 114 Å². The van der Waals surface area contributed by atoms with Crippen molar-refractivity contribution in [1.29, 1.82) is 0 Å². The van der Waals surface area contributed by atoms with Gasteiger partial charge in [-0.1, -0.05) is 24.3 Å². The third-order valence-electron chi connectivity index (χ3n) is 3.09. The molecule has 0 saturated carbocycles. The fraction of sp³-hybridized carbons (Fsp3) is 0.538. The Bertz CT molecular complexity index is 329. The smallest absolute Gasteiger partial charge is 0.0685 e. The average molecular weight is 274 g/mol. The normalized spacial score (nSPS) is 16.5. The highest BCUT2D eigenvalue weighted by Gasteiger charge is 2.13. The van der Waals surface area contributed by atoms with Crippen LogP contribution in [0.3, 0.4) is 0 Å². The van der Waals surface area contributed by atoms with E-state index in [-0.39, 0.29) is 19.0 Å². The molecule has 1 aromatic carbocycles. The van der Waals surface area contributed by atoms with E-state index < -0.39 is 0 Å². The summed E-state index contributed by atoms with van der Waals surface area (Å²) in [7, 11) is 0. The lowest BCUT2D eigenvalue weighted by molar-refractivity contribution is 0.280. The Hall–Kier alpha value is -0.220. The number of thioether (sulfide) groups is 1. The highest BCUT2D eigenvalue weighted by atomic mass is 35.5. The van der Waals surface area contributed by atoms with E-state index in [1.54, 1.807) is 0 Å². The van der Waals surface area contributed by atoms with Crippen molar-refractivity contribution in [2.75, 3.05) is 11.5 Å². The molecule has 4 heteroatoms. The van der Waals surface area contributed by atoms with Gasteiger partial charge in [-0.2, -0.15) is 11.8 Å². The molecule has 0 amide bonds. The van der Waals surface area contributed by atoms with Gasteiger partial charge in [0.15, 0.2) is 0 Å². The predicted molar refractivity (Wildman–Crippen MR) is 76.8 cm³/mol. The van der Waals surface area contributed by atoms with E-state index in [1.165, 1.54) is 29.9 Å². The van der Waals surface area contributed by atoms with Gasteiger partial charge in [-0.05, 0) is 35.5 Å². The first-order valence-electron chi connectivity index (χ1n) is 5.89. The van der Waals surface area contributed by atoms with Crippen molar-refractivity contribution in [3.63, 3.8) is 0 Å². The van der Waals surface area contributed by atoms with Crippen LogP contribution >= 0.6 is 24.2 Å². The first-order chi connectivity index (χ1) is 7.90. The Kier molecular flexibility index (Phi) is 6.97. The van der Waals surface area contributed by atoms with Crippen LogP contribution in [0.25, 0.3) is 0 Å².